The summed E-state index contributed by atoms with van der Waals surface area (Å²) >= 11 is 1.10. The van der Waals surface area contributed by atoms with Crippen LogP contribution in [-0.2, 0) is 10.0 Å². The molecule has 0 amide bonds. The molecule has 10 heteroatoms. The van der Waals surface area contributed by atoms with Crippen LogP contribution in [0, 0.1) is 13.8 Å². The van der Waals surface area contributed by atoms with Crippen molar-refractivity contribution in [2.75, 3.05) is 26.1 Å². The van der Waals surface area contributed by atoms with Gasteiger partial charge in [-0.2, -0.15) is 0 Å². The molecular weight excluding hydrogens is 404 g/mol. The van der Waals surface area contributed by atoms with Crippen LogP contribution >= 0.6 is 11.3 Å². The van der Waals surface area contributed by atoms with E-state index in [2.05, 4.69) is 9.88 Å². The number of nitrogens with one attached hydrogen (secondary N) is 1. The fourth-order valence-electron chi connectivity index (χ4n) is 2.58. The zero-order valence-electron chi connectivity index (χ0n) is 16.0. The molecule has 0 saturated carbocycles. The van der Waals surface area contributed by atoms with Crippen LogP contribution in [0.4, 0.5) is 5.69 Å². The molecule has 3 rings (SSSR count). The standard InChI is InChI=1S/C18H20N2O6S2/c1-10-11(2)19-26-17(10)15-6-7-16(27-15)28(21,22)20-12-8-13(23-3)18(25-5)14(9-12)24-4/h6-9,20H,1-5H3. The number of aryl methyl sites for hydroxylation is 1. The lowest BCUT2D eigenvalue weighted by Crippen LogP contribution is -2.11. The summed E-state index contributed by atoms with van der Waals surface area (Å²) in [5, 5.41) is 3.91. The van der Waals surface area contributed by atoms with Gasteiger partial charge in [-0.15, -0.1) is 11.3 Å². The third kappa shape index (κ3) is 3.65. The molecule has 0 saturated heterocycles. The first kappa shape index (κ1) is 20.0. The minimum Gasteiger partial charge on any atom is -0.493 e. The SMILES string of the molecule is COc1cc(NS(=O)(=O)c2ccc(-c3onc(C)c3C)s2)cc(OC)c1OC. The van der Waals surface area contributed by atoms with Gasteiger partial charge >= 0.3 is 0 Å². The highest BCUT2D eigenvalue weighted by atomic mass is 32.2. The molecule has 3 aromatic rings. The van der Waals surface area contributed by atoms with Crippen LogP contribution < -0.4 is 18.9 Å². The molecule has 0 bridgehead atoms. The summed E-state index contributed by atoms with van der Waals surface area (Å²) in [5.74, 6) is 1.64. The first-order chi connectivity index (χ1) is 13.3. The minimum atomic E-state index is -3.82. The maximum Gasteiger partial charge on any atom is 0.271 e. The number of hydrogen-bond donors (Lipinski definition) is 1. The molecule has 1 N–H and O–H groups in total. The van der Waals surface area contributed by atoms with Crippen LogP contribution in [0.5, 0.6) is 17.2 Å². The third-order valence-corrected chi connectivity index (χ3v) is 7.10. The Bertz CT molecular complexity index is 1080. The summed E-state index contributed by atoms with van der Waals surface area (Å²) in [6.07, 6.45) is 0. The molecule has 2 heterocycles. The van der Waals surface area contributed by atoms with Gasteiger partial charge in [0.15, 0.2) is 17.3 Å². The van der Waals surface area contributed by atoms with Crippen molar-refractivity contribution < 1.29 is 27.2 Å². The van der Waals surface area contributed by atoms with E-state index in [0.717, 1.165) is 22.6 Å². The van der Waals surface area contributed by atoms with Crippen LogP contribution in [-0.4, -0.2) is 34.9 Å². The summed E-state index contributed by atoms with van der Waals surface area (Å²) in [6.45, 7) is 3.71. The molecule has 1 aromatic carbocycles. The van der Waals surface area contributed by atoms with Crippen molar-refractivity contribution in [3.63, 3.8) is 0 Å². The lowest BCUT2D eigenvalue weighted by Gasteiger charge is -2.14. The quantitative estimate of drug-likeness (QED) is 0.615. The largest absolute Gasteiger partial charge is 0.493 e. The molecule has 0 fully saturated rings. The normalized spacial score (nSPS) is 11.3. The van der Waals surface area contributed by atoms with E-state index in [9.17, 15) is 8.42 Å². The lowest BCUT2D eigenvalue weighted by molar-refractivity contribution is 0.325. The lowest BCUT2D eigenvalue weighted by atomic mass is 10.2. The predicted molar refractivity (Wildman–Crippen MR) is 106 cm³/mol. The van der Waals surface area contributed by atoms with Crippen molar-refractivity contribution in [3.05, 3.63) is 35.5 Å². The molecule has 150 valence electrons. The number of benzene rings is 1. The van der Waals surface area contributed by atoms with Gasteiger partial charge in [-0.05, 0) is 26.0 Å². The van der Waals surface area contributed by atoms with E-state index in [4.69, 9.17) is 18.7 Å². The molecule has 0 aliphatic heterocycles. The number of anilines is 1. The summed E-state index contributed by atoms with van der Waals surface area (Å²) in [7, 11) is 0.578. The Hall–Kier alpha value is -2.72. The van der Waals surface area contributed by atoms with Gasteiger partial charge in [-0.3, -0.25) is 4.72 Å². The van der Waals surface area contributed by atoms with Gasteiger partial charge in [-0.1, -0.05) is 5.16 Å². The van der Waals surface area contributed by atoms with Crippen LogP contribution in [0.2, 0.25) is 0 Å². The van der Waals surface area contributed by atoms with Gasteiger partial charge in [-0.25, -0.2) is 8.42 Å². The Kier molecular flexibility index (Phi) is 5.52. The molecule has 0 atom stereocenters. The van der Waals surface area contributed by atoms with E-state index in [-0.39, 0.29) is 9.90 Å². The second-order valence-corrected chi connectivity index (χ2v) is 8.85. The summed E-state index contributed by atoms with van der Waals surface area (Å²) in [5.41, 5.74) is 1.93. The second kappa shape index (κ2) is 7.72. The van der Waals surface area contributed by atoms with Crippen molar-refractivity contribution in [2.24, 2.45) is 0 Å². The fraction of sp³-hybridized carbons (Fsp3) is 0.278. The number of methoxy groups -OCH3 is 3. The molecule has 2 aromatic heterocycles. The Morgan fingerprint density at radius 1 is 1.04 bits per heavy atom. The Balaban J connectivity index is 1.94. The van der Waals surface area contributed by atoms with Crippen molar-refractivity contribution in [1.29, 1.82) is 0 Å². The molecular formula is C18H20N2O6S2. The maximum absolute atomic E-state index is 12.8. The van der Waals surface area contributed by atoms with Gasteiger partial charge in [0, 0.05) is 17.7 Å². The van der Waals surface area contributed by atoms with Gasteiger partial charge in [0.25, 0.3) is 10.0 Å². The number of ether oxygens (including phenoxy) is 3. The van der Waals surface area contributed by atoms with Crippen molar-refractivity contribution >= 4 is 27.0 Å². The Labute approximate surface area is 167 Å². The number of aromatic nitrogens is 1. The first-order valence-electron chi connectivity index (χ1n) is 8.16. The summed E-state index contributed by atoms with van der Waals surface area (Å²) in [6, 6.07) is 6.27. The van der Waals surface area contributed by atoms with E-state index >= 15 is 0 Å². The third-order valence-electron chi connectivity index (χ3n) is 4.14. The van der Waals surface area contributed by atoms with Crippen LogP contribution in [0.3, 0.4) is 0 Å². The topological polar surface area (TPSA) is 99.9 Å². The molecule has 0 radical (unpaired) electrons. The highest BCUT2D eigenvalue weighted by Crippen LogP contribution is 2.41. The predicted octanol–water partition coefficient (Wildman–Crippen LogP) is 3.85. The van der Waals surface area contributed by atoms with Gasteiger partial charge in [0.2, 0.25) is 5.75 Å². The van der Waals surface area contributed by atoms with Crippen molar-refractivity contribution in [3.8, 4) is 27.9 Å². The van der Waals surface area contributed by atoms with Crippen LogP contribution in [0.1, 0.15) is 11.3 Å². The molecule has 0 spiro atoms. The average Bonchev–Trinajstić information content (AvgIpc) is 3.28. The van der Waals surface area contributed by atoms with Gasteiger partial charge in [0.1, 0.15) is 4.21 Å². The van der Waals surface area contributed by atoms with Crippen LogP contribution in [0.15, 0.2) is 33.0 Å². The molecule has 28 heavy (non-hydrogen) atoms. The number of thiophene rings is 1. The van der Waals surface area contributed by atoms with Gasteiger partial charge < -0.3 is 18.7 Å². The zero-order chi connectivity index (χ0) is 20.5. The minimum absolute atomic E-state index is 0.143. The number of nitrogens with zero attached hydrogens (tertiary/aromatic N) is 1. The average molecular weight is 425 g/mol. The zero-order valence-corrected chi connectivity index (χ0v) is 17.7. The Morgan fingerprint density at radius 2 is 1.68 bits per heavy atom. The Morgan fingerprint density at radius 3 is 2.18 bits per heavy atom. The molecule has 0 aliphatic rings. The highest BCUT2D eigenvalue weighted by Gasteiger charge is 2.22. The van der Waals surface area contributed by atoms with E-state index < -0.39 is 10.0 Å². The monoisotopic (exact) mass is 424 g/mol. The number of rotatable bonds is 7. The van der Waals surface area contributed by atoms with Crippen molar-refractivity contribution in [1.82, 2.24) is 5.16 Å². The van der Waals surface area contributed by atoms with E-state index in [0.29, 0.717) is 27.9 Å². The smallest absolute Gasteiger partial charge is 0.271 e. The van der Waals surface area contributed by atoms with Gasteiger partial charge in [0.05, 0.1) is 37.6 Å². The van der Waals surface area contributed by atoms with E-state index in [1.165, 1.54) is 39.5 Å². The van der Waals surface area contributed by atoms with Crippen LogP contribution in [0.25, 0.3) is 10.6 Å². The molecule has 8 nitrogen and oxygen atoms in total. The van der Waals surface area contributed by atoms with E-state index in [1.807, 2.05) is 13.8 Å². The number of sulfonamides is 1. The summed E-state index contributed by atoms with van der Waals surface area (Å²) in [4.78, 5) is 0.684. The molecule has 0 unspecified atom stereocenters. The number of hydrogen-bond acceptors (Lipinski definition) is 8. The maximum atomic E-state index is 12.8. The van der Waals surface area contributed by atoms with E-state index in [1.54, 1.807) is 6.07 Å². The first-order valence-corrected chi connectivity index (χ1v) is 10.5. The highest BCUT2D eigenvalue weighted by molar-refractivity contribution is 7.94. The van der Waals surface area contributed by atoms with Crippen molar-refractivity contribution in [2.45, 2.75) is 18.1 Å². The molecule has 0 aliphatic carbocycles. The second-order valence-electron chi connectivity index (χ2n) is 5.86. The fourth-order valence-corrected chi connectivity index (χ4v) is 4.96. The summed E-state index contributed by atoms with van der Waals surface area (Å²) < 4.78 is 49.4.